The number of halogens is 4. The standard InChI is InChI=1S/C23H19F4N3O4S/c1-4-16(30-35(32,33)18-10-13(25)6-5-7-15(18)26)21(27)19(12(2)24)22(31)14-11-29-23-20(14)17(34-3)8-9-28-23/h4-5,7-11,30H,2,6H2,1,3H3,(H,28,29)/b16-4+,21-19-. The van der Waals surface area contributed by atoms with Crippen LogP contribution in [0.4, 0.5) is 17.6 Å². The Morgan fingerprint density at radius 2 is 2.03 bits per heavy atom. The van der Waals surface area contributed by atoms with E-state index in [0.717, 1.165) is 24.4 Å². The molecule has 2 aromatic rings. The van der Waals surface area contributed by atoms with Gasteiger partial charge in [-0.3, -0.25) is 9.52 Å². The maximum absolute atomic E-state index is 15.5. The molecule has 0 atom stereocenters. The van der Waals surface area contributed by atoms with Gasteiger partial charge in [-0.1, -0.05) is 18.7 Å². The van der Waals surface area contributed by atoms with E-state index in [1.165, 1.54) is 26.3 Å². The van der Waals surface area contributed by atoms with E-state index < -0.39 is 55.3 Å². The molecule has 0 aliphatic heterocycles. The number of pyridine rings is 1. The van der Waals surface area contributed by atoms with Crippen LogP contribution in [-0.2, 0) is 10.0 Å². The van der Waals surface area contributed by atoms with Crippen molar-refractivity contribution in [2.24, 2.45) is 0 Å². The number of hydrogen-bond acceptors (Lipinski definition) is 5. The van der Waals surface area contributed by atoms with Crippen molar-refractivity contribution in [1.82, 2.24) is 14.7 Å². The van der Waals surface area contributed by atoms with E-state index in [1.54, 1.807) is 4.72 Å². The van der Waals surface area contributed by atoms with Crippen LogP contribution in [0.3, 0.4) is 0 Å². The lowest BCUT2D eigenvalue weighted by molar-refractivity contribution is 0.103. The average molecular weight is 509 g/mol. The van der Waals surface area contributed by atoms with Crippen LogP contribution in [0.1, 0.15) is 23.7 Å². The summed E-state index contributed by atoms with van der Waals surface area (Å²) in [5, 5.41) is 0.132. The maximum atomic E-state index is 15.5. The third-order valence-corrected chi connectivity index (χ3v) is 6.26. The minimum atomic E-state index is -4.88. The Hall–Kier alpha value is -3.93. The first-order valence-corrected chi connectivity index (χ1v) is 11.4. The largest absolute Gasteiger partial charge is 0.496 e. The molecule has 184 valence electrons. The van der Waals surface area contributed by atoms with Crippen LogP contribution in [0.5, 0.6) is 5.75 Å². The number of aromatic nitrogens is 2. The van der Waals surface area contributed by atoms with Crippen molar-refractivity contribution >= 4 is 26.8 Å². The fraction of sp³-hybridized carbons (Fsp3) is 0.130. The normalized spacial score (nSPS) is 15.5. The third kappa shape index (κ3) is 5.11. The number of sulfonamides is 1. The lowest BCUT2D eigenvalue weighted by Gasteiger charge is -2.14. The minimum absolute atomic E-state index is 0.132. The number of carbonyl (C=O) groups excluding carboxylic acids is 1. The van der Waals surface area contributed by atoms with Crippen LogP contribution in [0, 0.1) is 0 Å². The number of rotatable bonds is 8. The summed E-state index contributed by atoms with van der Waals surface area (Å²) in [6.07, 6.45) is 5.33. The Morgan fingerprint density at radius 1 is 1.31 bits per heavy atom. The molecule has 0 radical (unpaired) electrons. The Balaban J connectivity index is 2.10. The van der Waals surface area contributed by atoms with Gasteiger partial charge in [0.05, 0.1) is 29.3 Å². The van der Waals surface area contributed by atoms with Gasteiger partial charge in [-0.25, -0.2) is 31.0 Å². The number of carbonyl (C=O) groups is 1. The third-order valence-electron chi connectivity index (χ3n) is 4.88. The molecule has 0 amide bonds. The van der Waals surface area contributed by atoms with Gasteiger partial charge in [-0.05, 0) is 25.1 Å². The number of hydrogen-bond donors (Lipinski definition) is 2. The fourth-order valence-corrected chi connectivity index (χ4v) is 4.47. The molecule has 0 saturated heterocycles. The van der Waals surface area contributed by atoms with Gasteiger partial charge in [-0.15, -0.1) is 0 Å². The zero-order valence-corrected chi connectivity index (χ0v) is 19.3. The number of ketones is 1. The van der Waals surface area contributed by atoms with Crippen molar-refractivity contribution in [1.29, 1.82) is 0 Å². The number of aromatic amines is 1. The van der Waals surface area contributed by atoms with Crippen LogP contribution in [0.15, 0.2) is 88.8 Å². The minimum Gasteiger partial charge on any atom is -0.496 e. The number of methoxy groups -OCH3 is 1. The van der Waals surface area contributed by atoms with Gasteiger partial charge in [0, 0.05) is 18.8 Å². The molecule has 0 fully saturated rings. The van der Waals surface area contributed by atoms with Crippen molar-refractivity contribution in [3.05, 3.63) is 94.4 Å². The summed E-state index contributed by atoms with van der Waals surface area (Å²) in [5.74, 6) is -6.39. The monoisotopic (exact) mass is 509 g/mol. The SMILES string of the molecule is C=C(F)/C(C(=O)c1c[nH]c2nccc(OC)c12)=C(F)\C(=C/C)NS(=O)(=O)C1=C(F)C=CCC(F)=C1. The summed E-state index contributed by atoms with van der Waals surface area (Å²) >= 11 is 0. The molecule has 7 nitrogen and oxygen atoms in total. The van der Waals surface area contributed by atoms with E-state index in [4.69, 9.17) is 4.74 Å². The Kier molecular flexibility index (Phi) is 7.44. The molecule has 2 N–H and O–H groups in total. The number of nitrogens with zero attached hydrogens (tertiary/aromatic N) is 1. The number of allylic oxidation sites excluding steroid dienone is 9. The van der Waals surface area contributed by atoms with Gasteiger partial charge in [0.15, 0.2) is 5.83 Å². The number of H-pyrrole nitrogens is 1. The van der Waals surface area contributed by atoms with E-state index in [2.05, 4.69) is 16.5 Å². The molecule has 1 aliphatic rings. The van der Waals surface area contributed by atoms with Crippen molar-refractivity contribution in [2.75, 3.05) is 7.11 Å². The van der Waals surface area contributed by atoms with Crippen LogP contribution in [0.2, 0.25) is 0 Å². The fourth-order valence-electron chi connectivity index (χ4n) is 3.25. The van der Waals surface area contributed by atoms with E-state index in [-0.39, 0.29) is 28.8 Å². The molecule has 2 heterocycles. The Labute approximate surface area is 197 Å². The lowest BCUT2D eigenvalue weighted by Crippen LogP contribution is -2.26. The quantitative estimate of drug-likeness (QED) is 0.218. The summed E-state index contributed by atoms with van der Waals surface area (Å²) in [7, 11) is -3.56. The second-order valence-electron chi connectivity index (χ2n) is 7.08. The van der Waals surface area contributed by atoms with Gasteiger partial charge in [0.1, 0.15) is 33.8 Å². The van der Waals surface area contributed by atoms with Crippen LogP contribution in [0.25, 0.3) is 11.0 Å². The number of nitrogens with one attached hydrogen (secondary N) is 2. The van der Waals surface area contributed by atoms with Gasteiger partial charge >= 0.3 is 0 Å². The highest BCUT2D eigenvalue weighted by Crippen LogP contribution is 2.33. The summed E-state index contributed by atoms with van der Waals surface area (Å²) in [4.78, 5) is 18.8. The second-order valence-corrected chi connectivity index (χ2v) is 8.73. The molecule has 2 aromatic heterocycles. The highest BCUT2D eigenvalue weighted by Gasteiger charge is 2.30. The lowest BCUT2D eigenvalue weighted by atomic mass is 10.0. The summed E-state index contributed by atoms with van der Waals surface area (Å²) in [6.45, 7) is 4.17. The second kappa shape index (κ2) is 10.1. The van der Waals surface area contributed by atoms with E-state index in [1.807, 2.05) is 0 Å². The van der Waals surface area contributed by atoms with Crippen molar-refractivity contribution in [3.8, 4) is 5.75 Å². The predicted molar refractivity (Wildman–Crippen MR) is 122 cm³/mol. The molecule has 35 heavy (non-hydrogen) atoms. The van der Waals surface area contributed by atoms with Gasteiger partial charge in [0.25, 0.3) is 10.0 Å². The van der Waals surface area contributed by atoms with Crippen LogP contribution < -0.4 is 9.46 Å². The Morgan fingerprint density at radius 3 is 2.66 bits per heavy atom. The smallest absolute Gasteiger partial charge is 0.264 e. The molecule has 0 saturated carbocycles. The topological polar surface area (TPSA) is 101 Å². The molecule has 1 aliphatic carbocycles. The zero-order valence-electron chi connectivity index (χ0n) is 18.5. The van der Waals surface area contributed by atoms with Crippen LogP contribution >= 0.6 is 0 Å². The molecule has 3 rings (SSSR count). The predicted octanol–water partition coefficient (Wildman–Crippen LogP) is 5.28. The molecular weight excluding hydrogens is 490 g/mol. The van der Waals surface area contributed by atoms with Crippen molar-refractivity contribution in [2.45, 2.75) is 13.3 Å². The average Bonchev–Trinajstić information content (AvgIpc) is 3.16. The van der Waals surface area contributed by atoms with Crippen LogP contribution in [-0.4, -0.2) is 31.3 Å². The number of Topliss-reactive ketones (excluding diaryl/α,β-unsaturated/α-hetero) is 1. The molecule has 12 heteroatoms. The zero-order chi connectivity index (χ0) is 25.9. The summed E-state index contributed by atoms with van der Waals surface area (Å²) < 4.78 is 90.2. The van der Waals surface area contributed by atoms with Gasteiger partial charge < -0.3 is 9.72 Å². The summed E-state index contributed by atoms with van der Waals surface area (Å²) in [5.41, 5.74) is -2.11. The molecular formula is C23H19F4N3O4S. The van der Waals surface area contributed by atoms with Crippen molar-refractivity contribution in [3.63, 3.8) is 0 Å². The van der Waals surface area contributed by atoms with E-state index in [0.29, 0.717) is 6.08 Å². The first kappa shape index (κ1) is 25.7. The first-order chi connectivity index (χ1) is 16.5. The van der Waals surface area contributed by atoms with Crippen molar-refractivity contribution < 1.29 is 35.5 Å². The highest BCUT2D eigenvalue weighted by molar-refractivity contribution is 7.93. The molecule has 0 spiro atoms. The Bertz CT molecular complexity index is 1480. The number of fused-ring (bicyclic) bond motifs is 1. The van der Waals surface area contributed by atoms with E-state index in [9.17, 15) is 26.4 Å². The van der Waals surface area contributed by atoms with E-state index >= 15 is 4.39 Å². The molecule has 0 aromatic carbocycles. The van der Waals surface area contributed by atoms with Gasteiger partial charge in [0.2, 0.25) is 5.78 Å². The molecule has 0 unspecified atom stereocenters. The first-order valence-electron chi connectivity index (χ1n) is 9.93. The number of ether oxygens (including phenoxy) is 1. The molecule has 0 bridgehead atoms. The van der Waals surface area contributed by atoms with Gasteiger partial charge in [-0.2, -0.15) is 0 Å². The summed E-state index contributed by atoms with van der Waals surface area (Å²) in [6, 6.07) is 1.43. The highest BCUT2D eigenvalue weighted by atomic mass is 32.2. The maximum Gasteiger partial charge on any atom is 0.264 e.